The Hall–Kier alpha value is -0.0000000000000000763. The molecule has 0 radical (unpaired) electrons. The molecular formula is C11H18O3S2. The maximum atomic E-state index is 11.1. The molecule has 1 saturated carbocycles. The van der Waals surface area contributed by atoms with Gasteiger partial charge < -0.3 is 0 Å². The van der Waals surface area contributed by atoms with Crippen molar-refractivity contribution in [3.63, 3.8) is 0 Å². The van der Waals surface area contributed by atoms with Crippen molar-refractivity contribution in [2.45, 2.75) is 54.8 Å². The van der Waals surface area contributed by atoms with E-state index >= 15 is 0 Å². The lowest BCUT2D eigenvalue weighted by Crippen LogP contribution is -2.25. The van der Waals surface area contributed by atoms with E-state index < -0.39 is 15.4 Å². The second-order valence-electron chi connectivity index (χ2n) is 4.70. The molecule has 1 saturated heterocycles. The highest BCUT2D eigenvalue weighted by Crippen LogP contribution is 2.39. The molecule has 2 aliphatic rings. The third kappa shape index (κ3) is 2.81. The molecule has 0 aromatic rings. The Morgan fingerprint density at radius 2 is 2.00 bits per heavy atom. The van der Waals surface area contributed by atoms with Gasteiger partial charge in [0, 0.05) is 10.5 Å². The summed E-state index contributed by atoms with van der Waals surface area (Å²) in [5.74, 6) is 0. The van der Waals surface area contributed by atoms with Crippen LogP contribution in [0.2, 0.25) is 0 Å². The zero-order valence-corrected chi connectivity index (χ0v) is 11.1. The van der Waals surface area contributed by atoms with Crippen molar-refractivity contribution in [2.24, 2.45) is 0 Å². The fourth-order valence-electron chi connectivity index (χ4n) is 2.57. The fourth-order valence-corrected chi connectivity index (χ4v) is 5.67. The van der Waals surface area contributed by atoms with E-state index in [1.807, 2.05) is 6.92 Å². The van der Waals surface area contributed by atoms with Gasteiger partial charge in [-0.15, -0.1) is 11.8 Å². The van der Waals surface area contributed by atoms with Crippen LogP contribution in [0.4, 0.5) is 0 Å². The Balaban J connectivity index is 2.04. The second-order valence-corrected chi connectivity index (χ2v) is 7.96. The predicted molar refractivity (Wildman–Crippen MR) is 67.3 cm³/mol. The molecule has 1 N–H and O–H groups in total. The van der Waals surface area contributed by atoms with Gasteiger partial charge in [-0.05, 0) is 32.1 Å². The van der Waals surface area contributed by atoms with E-state index in [2.05, 4.69) is 6.08 Å². The minimum absolute atomic E-state index is 0.00162. The van der Waals surface area contributed by atoms with Crippen LogP contribution in [0.1, 0.15) is 39.0 Å². The first kappa shape index (κ1) is 12.5. The Labute approximate surface area is 101 Å². The van der Waals surface area contributed by atoms with Crippen LogP contribution in [-0.2, 0) is 10.1 Å². The van der Waals surface area contributed by atoms with E-state index in [0.717, 1.165) is 0 Å². The van der Waals surface area contributed by atoms with Gasteiger partial charge in [0.05, 0.1) is 5.25 Å². The average molecular weight is 262 g/mol. The summed E-state index contributed by atoms with van der Waals surface area (Å²) in [6.07, 6.45) is 7.67. The van der Waals surface area contributed by atoms with Crippen LogP contribution in [0.15, 0.2) is 11.6 Å². The smallest absolute Gasteiger partial charge is 0.268 e. The van der Waals surface area contributed by atoms with Crippen LogP contribution in [0, 0.1) is 0 Å². The monoisotopic (exact) mass is 262 g/mol. The third-order valence-electron chi connectivity index (χ3n) is 3.43. The van der Waals surface area contributed by atoms with Crippen LogP contribution in [0.25, 0.3) is 0 Å². The molecule has 3 unspecified atom stereocenters. The van der Waals surface area contributed by atoms with Gasteiger partial charge in [-0.2, -0.15) is 8.42 Å². The Kier molecular flexibility index (Phi) is 3.66. The summed E-state index contributed by atoms with van der Waals surface area (Å²) in [4.78, 5) is 0. The van der Waals surface area contributed by atoms with Crippen LogP contribution in [0.5, 0.6) is 0 Å². The lowest BCUT2D eigenvalue weighted by atomic mass is 10.1. The van der Waals surface area contributed by atoms with Crippen molar-refractivity contribution in [2.75, 3.05) is 0 Å². The standard InChI is InChI=1S/C11H18O3S2/c1-8-11(16(12,13)14)7-10(15-8)6-9-4-2-3-5-9/h6,8,10-11H,2-5,7H2,1H3,(H,12,13,14). The Morgan fingerprint density at radius 1 is 1.38 bits per heavy atom. The molecule has 3 atom stereocenters. The van der Waals surface area contributed by atoms with Crippen LogP contribution < -0.4 is 0 Å². The van der Waals surface area contributed by atoms with Crippen molar-refractivity contribution in [1.82, 2.24) is 0 Å². The summed E-state index contributed by atoms with van der Waals surface area (Å²) in [6, 6.07) is 0. The molecular weight excluding hydrogens is 244 g/mol. The molecule has 0 bridgehead atoms. The molecule has 1 aliphatic carbocycles. The number of rotatable bonds is 2. The van der Waals surface area contributed by atoms with E-state index in [1.54, 1.807) is 11.8 Å². The summed E-state index contributed by atoms with van der Waals surface area (Å²) in [7, 11) is -3.87. The van der Waals surface area contributed by atoms with Crippen molar-refractivity contribution >= 4 is 21.9 Å². The molecule has 1 aliphatic heterocycles. The van der Waals surface area contributed by atoms with Crippen molar-refractivity contribution in [1.29, 1.82) is 0 Å². The highest BCUT2D eigenvalue weighted by Gasteiger charge is 2.39. The van der Waals surface area contributed by atoms with Gasteiger partial charge >= 0.3 is 0 Å². The van der Waals surface area contributed by atoms with E-state index in [4.69, 9.17) is 4.55 Å². The minimum Gasteiger partial charge on any atom is -0.285 e. The Morgan fingerprint density at radius 3 is 2.50 bits per heavy atom. The highest BCUT2D eigenvalue weighted by molar-refractivity contribution is 8.02. The highest BCUT2D eigenvalue weighted by atomic mass is 32.2. The Bertz CT molecular complexity index is 378. The zero-order valence-electron chi connectivity index (χ0n) is 9.43. The summed E-state index contributed by atoms with van der Waals surface area (Å²) < 4.78 is 31.4. The molecule has 2 rings (SSSR count). The molecule has 0 spiro atoms. The van der Waals surface area contributed by atoms with Crippen LogP contribution in [-0.4, -0.2) is 28.7 Å². The maximum absolute atomic E-state index is 11.1. The summed E-state index contributed by atoms with van der Waals surface area (Å²) in [5.41, 5.74) is 1.47. The van der Waals surface area contributed by atoms with E-state index in [0.29, 0.717) is 6.42 Å². The topological polar surface area (TPSA) is 54.4 Å². The van der Waals surface area contributed by atoms with Gasteiger partial charge in [0.15, 0.2) is 0 Å². The number of thioether (sulfide) groups is 1. The lowest BCUT2D eigenvalue weighted by molar-refractivity contribution is 0.464. The van der Waals surface area contributed by atoms with E-state index in [9.17, 15) is 8.42 Å². The molecule has 0 aromatic carbocycles. The predicted octanol–water partition coefficient (Wildman–Crippen LogP) is 2.64. The first-order valence-electron chi connectivity index (χ1n) is 5.78. The van der Waals surface area contributed by atoms with Crippen molar-refractivity contribution < 1.29 is 13.0 Å². The molecule has 92 valence electrons. The molecule has 0 amide bonds. The quantitative estimate of drug-likeness (QED) is 0.614. The fraction of sp³-hybridized carbons (Fsp3) is 0.818. The van der Waals surface area contributed by atoms with E-state index in [1.165, 1.54) is 31.3 Å². The first-order valence-corrected chi connectivity index (χ1v) is 8.23. The molecule has 1 heterocycles. The maximum Gasteiger partial charge on any atom is 0.268 e. The molecule has 2 fully saturated rings. The SMILES string of the molecule is CC1SC(C=C2CCCC2)CC1S(=O)(=O)O. The number of hydrogen-bond acceptors (Lipinski definition) is 3. The van der Waals surface area contributed by atoms with Gasteiger partial charge in [-0.3, -0.25) is 4.55 Å². The largest absolute Gasteiger partial charge is 0.285 e. The van der Waals surface area contributed by atoms with Gasteiger partial charge in [0.1, 0.15) is 0 Å². The number of allylic oxidation sites excluding steroid dienone is 1. The zero-order chi connectivity index (χ0) is 11.8. The van der Waals surface area contributed by atoms with Crippen molar-refractivity contribution in [3.05, 3.63) is 11.6 Å². The number of hydrogen-bond donors (Lipinski definition) is 1. The first-order chi connectivity index (χ1) is 7.47. The van der Waals surface area contributed by atoms with Gasteiger partial charge in [-0.25, -0.2) is 0 Å². The third-order valence-corrected chi connectivity index (χ3v) is 6.40. The second kappa shape index (κ2) is 4.70. The summed E-state index contributed by atoms with van der Waals surface area (Å²) in [5, 5.41) is -0.311. The van der Waals surface area contributed by atoms with Crippen LogP contribution in [0.3, 0.4) is 0 Å². The molecule has 16 heavy (non-hydrogen) atoms. The molecule has 5 heteroatoms. The molecule has 0 aromatic heterocycles. The lowest BCUT2D eigenvalue weighted by Gasteiger charge is -2.08. The normalized spacial score (nSPS) is 35.6. The van der Waals surface area contributed by atoms with Gasteiger partial charge in [-0.1, -0.05) is 18.6 Å². The van der Waals surface area contributed by atoms with Gasteiger partial charge in [0.25, 0.3) is 10.1 Å². The van der Waals surface area contributed by atoms with Crippen LogP contribution >= 0.6 is 11.8 Å². The van der Waals surface area contributed by atoms with Gasteiger partial charge in [0.2, 0.25) is 0 Å². The van der Waals surface area contributed by atoms with E-state index in [-0.39, 0.29) is 10.5 Å². The summed E-state index contributed by atoms with van der Waals surface area (Å²) >= 11 is 1.67. The average Bonchev–Trinajstić information content (AvgIpc) is 2.74. The van der Waals surface area contributed by atoms with Crippen molar-refractivity contribution in [3.8, 4) is 0 Å². The minimum atomic E-state index is -3.87. The summed E-state index contributed by atoms with van der Waals surface area (Å²) in [6.45, 7) is 1.89. The molecule has 3 nitrogen and oxygen atoms in total.